The van der Waals surface area contributed by atoms with Crippen LogP contribution in [0, 0.1) is 20.8 Å². The van der Waals surface area contributed by atoms with Gasteiger partial charge in [-0.15, -0.1) is 0 Å². The molecular weight excluding hydrogens is 272 g/mol. The average molecular weight is 294 g/mol. The molecule has 0 spiro atoms. The third-order valence-corrected chi connectivity index (χ3v) is 4.04. The minimum absolute atomic E-state index is 0.716. The largest absolute Gasteiger partial charge is 0.494 e. The number of imidazole rings is 1. The van der Waals surface area contributed by atoms with E-state index >= 15 is 0 Å². The SMILES string of the molecule is Cc1cccc(OCCCn2cnc3cc(C)c(C)cc32)c1. The number of fused-ring (bicyclic) bond motifs is 1. The van der Waals surface area contributed by atoms with Crippen LogP contribution in [0.1, 0.15) is 23.1 Å². The van der Waals surface area contributed by atoms with E-state index < -0.39 is 0 Å². The first-order valence-electron chi connectivity index (χ1n) is 7.75. The Morgan fingerprint density at radius 1 is 1.05 bits per heavy atom. The first-order chi connectivity index (χ1) is 10.6. The van der Waals surface area contributed by atoms with E-state index in [2.05, 4.69) is 54.6 Å². The Labute approximate surface area is 131 Å². The Kier molecular flexibility index (Phi) is 4.14. The van der Waals surface area contributed by atoms with Gasteiger partial charge in [0.1, 0.15) is 5.75 Å². The van der Waals surface area contributed by atoms with Gasteiger partial charge in [0.2, 0.25) is 0 Å². The van der Waals surface area contributed by atoms with E-state index in [4.69, 9.17) is 4.74 Å². The minimum Gasteiger partial charge on any atom is -0.494 e. The quantitative estimate of drug-likeness (QED) is 0.651. The molecule has 3 nitrogen and oxygen atoms in total. The highest BCUT2D eigenvalue weighted by Crippen LogP contribution is 2.19. The van der Waals surface area contributed by atoms with Crippen molar-refractivity contribution in [3.05, 3.63) is 59.4 Å². The first-order valence-corrected chi connectivity index (χ1v) is 7.75. The number of rotatable bonds is 5. The van der Waals surface area contributed by atoms with Gasteiger partial charge in [0.15, 0.2) is 0 Å². The highest BCUT2D eigenvalue weighted by molar-refractivity contribution is 5.77. The number of aryl methyl sites for hydroxylation is 4. The Hall–Kier alpha value is -2.29. The van der Waals surface area contributed by atoms with Gasteiger partial charge < -0.3 is 9.30 Å². The maximum Gasteiger partial charge on any atom is 0.119 e. The zero-order valence-electron chi connectivity index (χ0n) is 13.5. The summed E-state index contributed by atoms with van der Waals surface area (Å²) in [5.41, 5.74) is 6.11. The number of ether oxygens (including phenoxy) is 1. The Morgan fingerprint density at radius 3 is 2.68 bits per heavy atom. The van der Waals surface area contributed by atoms with Gasteiger partial charge in [-0.3, -0.25) is 0 Å². The van der Waals surface area contributed by atoms with Gasteiger partial charge in [0.25, 0.3) is 0 Å². The molecule has 1 aromatic heterocycles. The van der Waals surface area contributed by atoms with Crippen LogP contribution in [0.3, 0.4) is 0 Å². The van der Waals surface area contributed by atoms with Crippen LogP contribution in [0.4, 0.5) is 0 Å². The lowest BCUT2D eigenvalue weighted by Crippen LogP contribution is -2.04. The molecule has 0 unspecified atom stereocenters. The molecule has 0 aliphatic rings. The molecule has 0 fully saturated rings. The van der Waals surface area contributed by atoms with Gasteiger partial charge in [0.05, 0.1) is 24.0 Å². The van der Waals surface area contributed by atoms with Gasteiger partial charge >= 0.3 is 0 Å². The predicted molar refractivity (Wildman–Crippen MR) is 90.5 cm³/mol. The Morgan fingerprint density at radius 2 is 1.86 bits per heavy atom. The van der Waals surface area contributed by atoms with Crippen LogP contribution in [0.25, 0.3) is 11.0 Å². The van der Waals surface area contributed by atoms with E-state index in [0.717, 1.165) is 24.2 Å². The monoisotopic (exact) mass is 294 g/mol. The second-order valence-electron chi connectivity index (χ2n) is 5.88. The van der Waals surface area contributed by atoms with Gasteiger partial charge in [-0.05, 0) is 68.1 Å². The van der Waals surface area contributed by atoms with Crippen molar-refractivity contribution in [3.63, 3.8) is 0 Å². The van der Waals surface area contributed by atoms with Gasteiger partial charge in [-0.2, -0.15) is 0 Å². The van der Waals surface area contributed by atoms with Crippen molar-refractivity contribution in [2.24, 2.45) is 0 Å². The Balaban J connectivity index is 1.61. The van der Waals surface area contributed by atoms with Crippen LogP contribution in [0.2, 0.25) is 0 Å². The summed E-state index contributed by atoms with van der Waals surface area (Å²) < 4.78 is 8.02. The molecule has 3 heteroatoms. The molecule has 0 amide bonds. The average Bonchev–Trinajstić information content (AvgIpc) is 2.86. The zero-order valence-corrected chi connectivity index (χ0v) is 13.5. The molecule has 0 atom stereocenters. The van der Waals surface area contributed by atoms with Crippen molar-refractivity contribution in [1.82, 2.24) is 9.55 Å². The van der Waals surface area contributed by atoms with Gasteiger partial charge in [-0.25, -0.2) is 4.98 Å². The predicted octanol–water partition coefficient (Wildman–Crippen LogP) is 4.43. The summed E-state index contributed by atoms with van der Waals surface area (Å²) in [6.07, 6.45) is 2.89. The summed E-state index contributed by atoms with van der Waals surface area (Å²) in [5.74, 6) is 0.946. The fourth-order valence-electron chi connectivity index (χ4n) is 2.62. The van der Waals surface area contributed by atoms with Crippen LogP contribution in [0.15, 0.2) is 42.7 Å². The fraction of sp³-hybridized carbons (Fsp3) is 0.316. The van der Waals surface area contributed by atoms with Crippen molar-refractivity contribution in [3.8, 4) is 5.75 Å². The third-order valence-electron chi connectivity index (χ3n) is 4.04. The molecule has 1 heterocycles. The summed E-state index contributed by atoms with van der Waals surface area (Å²) >= 11 is 0. The maximum absolute atomic E-state index is 5.81. The number of hydrogen-bond acceptors (Lipinski definition) is 2. The fourth-order valence-corrected chi connectivity index (χ4v) is 2.62. The van der Waals surface area contributed by atoms with Gasteiger partial charge in [0, 0.05) is 6.54 Å². The van der Waals surface area contributed by atoms with E-state index in [-0.39, 0.29) is 0 Å². The molecule has 114 valence electrons. The standard InChI is InChI=1S/C19H22N2O/c1-14-6-4-7-17(10-14)22-9-5-8-21-13-20-18-11-15(2)16(3)12-19(18)21/h4,6-7,10-13H,5,8-9H2,1-3H3. The smallest absolute Gasteiger partial charge is 0.119 e. The molecule has 0 N–H and O–H groups in total. The van der Waals surface area contributed by atoms with Crippen molar-refractivity contribution >= 4 is 11.0 Å². The van der Waals surface area contributed by atoms with Crippen LogP contribution in [-0.2, 0) is 6.54 Å². The molecule has 0 bridgehead atoms. The molecule has 22 heavy (non-hydrogen) atoms. The molecule has 3 aromatic rings. The second-order valence-corrected chi connectivity index (χ2v) is 5.88. The molecule has 0 radical (unpaired) electrons. The van der Waals surface area contributed by atoms with E-state index in [1.54, 1.807) is 0 Å². The first kappa shape index (κ1) is 14.6. The van der Waals surface area contributed by atoms with Crippen LogP contribution in [0.5, 0.6) is 5.75 Å². The van der Waals surface area contributed by atoms with E-state index in [9.17, 15) is 0 Å². The van der Waals surface area contributed by atoms with E-state index in [1.165, 1.54) is 22.2 Å². The third kappa shape index (κ3) is 3.14. The number of benzene rings is 2. The highest BCUT2D eigenvalue weighted by Gasteiger charge is 2.05. The van der Waals surface area contributed by atoms with E-state index in [0.29, 0.717) is 6.61 Å². The zero-order chi connectivity index (χ0) is 15.5. The number of aromatic nitrogens is 2. The van der Waals surface area contributed by atoms with Gasteiger partial charge in [-0.1, -0.05) is 12.1 Å². The van der Waals surface area contributed by atoms with Crippen molar-refractivity contribution in [2.45, 2.75) is 33.7 Å². The molecule has 0 aliphatic heterocycles. The topological polar surface area (TPSA) is 27.1 Å². The summed E-state index contributed by atoms with van der Waals surface area (Å²) in [5, 5.41) is 0. The Bertz CT molecular complexity index is 789. The van der Waals surface area contributed by atoms with Crippen molar-refractivity contribution in [2.75, 3.05) is 6.61 Å². The lowest BCUT2D eigenvalue weighted by molar-refractivity contribution is 0.302. The summed E-state index contributed by atoms with van der Waals surface area (Å²) in [7, 11) is 0. The summed E-state index contributed by atoms with van der Waals surface area (Å²) in [6, 6.07) is 12.6. The maximum atomic E-state index is 5.81. The molecular formula is C19H22N2O. The molecule has 0 aliphatic carbocycles. The highest BCUT2D eigenvalue weighted by atomic mass is 16.5. The lowest BCUT2D eigenvalue weighted by Gasteiger charge is -2.08. The summed E-state index contributed by atoms with van der Waals surface area (Å²) in [6.45, 7) is 7.99. The van der Waals surface area contributed by atoms with Crippen molar-refractivity contribution < 1.29 is 4.74 Å². The summed E-state index contributed by atoms with van der Waals surface area (Å²) in [4.78, 5) is 4.49. The second kappa shape index (κ2) is 6.22. The minimum atomic E-state index is 0.716. The lowest BCUT2D eigenvalue weighted by atomic mass is 10.1. The van der Waals surface area contributed by atoms with Crippen molar-refractivity contribution in [1.29, 1.82) is 0 Å². The molecule has 0 saturated heterocycles. The molecule has 3 rings (SSSR count). The van der Waals surface area contributed by atoms with Crippen LogP contribution < -0.4 is 4.74 Å². The van der Waals surface area contributed by atoms with Crippen LogP contribution in [-0.4, -0.2) is 16.2 Å². The van der Waals surface area contributed by atoms with Crippen LogP contribution >= 0.6 is 0 Å². The molecule has 2 aromatic carbocycles. The normalized spacial score (nSPS) is 11.0. The number of nitrogens with zero attached hydrogens (tertiary/aromatic N) is 2. The number of hydrogen-bond donors (Lipinski definition) is 0. The molecule has 0 saturated carbocycles. The van der Waals surface area contributed by atoms with E-state index in [1.807, 2.05) is 18.5 Å².